The van der Waals surface area contributed by atoms with Gasteiger partial charge in [-0.05, 0) is 49.8 Å². The van der Waals surface area contributed by atoms with Gasteiger partial charge in [0.15, 0.2) is 0 Å². The quantitative estimate of drug-likeness (QED) is 0.742. The van der Waals surface area contributed by atoms with Crippen molar-refractivity contribution in [2.75, 3.05) is 6.61 Å². The van der Waals surface area contributed by atoms with Gasteiger partial charge in [0.2, 0.25) is 0 Å². The summed E-state index contributed by atoms with van der Waals surface area (Å²) in [6.45, 7) is 2.71. The van der Waals surface area contributed by atoms with Crippen LogP contribution in [0.25, 0.3) is 0 Å². The molecule has 0 N–H and O–H groups in total. The van der Waals surface area contributed by atoms with E-state index in [1.807, 2.05) is 12.1 Å². The van der Waals surface area contributed by atoms with E-state index in [0.717, 1.165) is 25.0 Å². The lowest BCUT2D eigenvalue weighted by Gasteiger charge is -2.14. The SMILES string of the molecule is Cc1cc(C(Br)CCC2CCCO2)ccc1F. The number of rotatable bonds is 4. The van der Waals surface area contributed by atoms with Crippen LogP contribution in [0, 0.1) is 12.7 Å². The molecule has 1 aliphatic rings. The number of alkyl halides is 1. The predicted octanol–water partition coefficient (Wildman–Crippen LogP) is 4.53. The standard InChI is InChI=1S/C14H18BrFO/c1-10-9-11(4-7-14(10)16)13(15)6-5-12-3-2-8-17-12/h4,7,9,12-13H,2-3,5-6,8H2,1H3. The molecular formula is C14H18BrFO. The van der Waals surface area contributed by atoms with Crippen LogP contribution in [-0.2, 0) is 4.74 Å². The van der Waals surface area contributed by atoms with E-state index < -0.39 is 0 Å². The molecule has 1 aromatic carbocycles. The highest BCUT2D eigenvalue weighted by molar-refractivity contribution is 9.09. The number of aryl methyl sites for hydroxylation is 1. The second kappa shape index (κ2) is 5.96. The third kappa shape index (κ3) is 3.52. The lowest BCUT2D eigenvalue weighted by Crippen LogP contribution is -2.06. The smallest absolute Gasteiger partial charge is 0.126 e. The number of ether oxygens (including phenoxy) is 1. The molecule has 0 radical (unpaired) electrons. The Bertz CT molecular complexity index is 374. The van der Waals surface area contributed by atoms with Gasteiger partial charge in [-0.25, -0.2) is 4.39 Å². The summed E-state index contributed by atoms with van der Waals surface area (Å²) in [7, 11) is 0. The van der Waals surface area contributed by atoms with Gasteiger partial charge in [0, 0.05) is 11.4 Å². The third-order valence-corrected chi connectivity index (χ3v) is 4.30. The van der Waals surface area contributed by atoms with Gasteiger partial charge in [0.25, 0.3) is 0 Å². The maximum absolute atomic E-state index is 13.2. The molecule has 0 bridgehead atoms. The Morgan fingerprint density at radius 3 is 3.00 bits per heavy atom. The molecule has 0 spiro atoms. The Hall–Kier alpha value is -0.410. The average Bonchev–Trinajstić information content (AvgIpc) is 2.82. The molecule has 1 nitrogen and oxygen atoms in total. The summed E-state index contributed by atoms with van der Waals surface area (Å²) >= 11 is 3.67. The van der Waals surface area contributed by atoms with E-state index in [1.165, 1.54) is 12.8 Å². The van der Waals surface area contributed by atoms with E-state index >= 15 is 0 Å². The zero-order chi connectivity index (χ0) is 12.3. The molecule has 0 aliphatic carbocycles. The van der Waals surface area contributed by atoms with Crippen molar-refractivity contribution in [3.05, 3.63) is 35.1 Å². The van der Waals surface area contributed by atoms with E-state index in [2.05, 4.69) is 15.9 Å². The Balaban J connectivity index is 1.89. The van der Waals surface area contributed by atoms with Crippen molar-refractivity contribution in [2.45, 2.75) is 43.5 Å². The summed E-state index contributed by atoms with van der Waals surface area (Å²) < 4.78 is 18.8. The van der Waals surface area contributed by atoms with Crippen LogP contribution in [0.2, 0.25) is 0 Å². The Morgan fingerprint density at radius 2 is 2.35 bits per heavy atom. The maximum Gasteiger partial charge on any atom is 0.126 e. The van der Waals surface area contributed by atoms with Crippen LogP contribution >= 0.6 is 15.9 Å². The molecule has 2 unspecified atom stereocenters. The Kier molecular flexibility index (Phi) is 4.57. The lowest BCUT2D eigenvalue weighted by molar-refractivity contribution is 0.102. The fourth-order valence-electron chi connectivity index (χ4n) is 2.23. The monoisotopic (exact) mass is 300 g/mol. The number of benzene rings is 1. The van der Waals surface area contributed by atoms with Gasteiger partial charge in [0.1, 0.15) is 5.82 Å². The van der Waals surface area contributed by atoms with Gasteiger partial charge in [-0.3, -0.25) is 0 Å². The van der Waals surface area contributed by atoms with Crippen LogP contribution in [0.5, 0.6) is 0 Å². The molecule has 1 heterocycles. The van der Waals surface area contributed by atoms with Crippen molar-refractivity contribution in [1.82, 2.24) is 0 Å². The average molecular weight is 301 g/mol. The first kappa shape index (κ1) is 13.0. The van der Waals surface area contributed by atoms with Crippen molar-refractivity contribution in [3.8, 4) is 0 Å². The summed E-state index contributed by atoms with van der Waals surface area (Å²) in [6, 6.07) is 5.33. The van der Waals surface area contributed by atoms with Crippen molar-refractivity contribution >= 4 is 15.9 Å². The van der Waals surface area contributed by atoms with Crippen molar-refractivity contribution in [2.24, 2.45) is 0 Å². The zero-order valence-electron chi connectivity index (χ0n) is 10.1. The van der Waals surface area contributed by atoms with E-state index in [0.29, 0.717) is 16.5 Å². The highest BCUT2D eigenvalue weighted by atomic mass is 79.9. The summed E-state index contributed by atoms with van der Waals surface area (Å²) in [6.07, 6.45) is 4.91. The third-order valence-electron chi connectivity index (χ3n) is 3.31. The zero-order valence-corrected chi connectivity index (χ0v) is 11.7. The molecule has 2 rings (SSSR count). The first-order valence-corrected chi connectivity index (χ1v) is 7.10. The van der Waals surface area contributed by atoms with Crippen LogP contribution in [0.15, 0.2) is 18.2 Å². The summed E-state index contributed by atoms with van der Waals surface area (Å²) in [5, 5.41) is 0. The molecule has 2 atom stereocenters. The molecule has 3 heteroatoms. The van der Waals surface area contributed by atoms with Crippen LogP contribution in [0.4, 0.5) is 4.39 Å². The number of hydrogen-bond donors (Lipinski definition) is 0. The molecule has 1 fully saturated rings. The predicted molar refractivity (Wildman–Crippen MR) is 71.0 cm³/mol. The molecular weight excluding hydrogens is 283 g/mol. The lowest BCUT2D eigenvalue weighted by atomic mass is 10.0. The molecule has 1 aromatic rings. The second-order valence-corrected chi connectivity index (χ2v) is 5.79. The highest BCUT2D eigenvalue weighted by Gasteiger charge is 2.17. The first-order valence-electron chi connectivity index (χ1n) is 6.18. The molecule has 1 saturated heterocycles. The largest absolute Gasteiger partial charge is 0.378 e. The van der Waals surface area contributed by atoms with Gasteiger partial charge in [0.05, 0.1) is 6.10 Å². The molecule has 0 saturated carbocycles. The highest BCUT2D eigenvalue weighted by Crippen LogP contribution is 2.31. The van der Waals surface area contributed by atoms with Crippen LogP contribution in [-0.4, -0.2) is 12.7 Å². The van der Waals surface area contributed by atoms with Crippen LogP contribution in [0.3, 0.4) is 0 Å². The topological polar surface area (TPSA) is 9.23 Å². The van der Waals surface area contributed by atoms with Gasteiger partial charge in [-0.15, -0.1) is 0 Å². The number of halogens is 2. The van der Waals surface area contributed by atoms with Crippen LogP contribution < -0.4 is 0 Å². The summed E-state index contributed by atoms with van der Waals surface area (Å²) in [5.74, 6) is -0.132. The van der Waals surface area contributed by atoms with Gasteiger partial charge in [-0.1, -0.05) is 28.1 Å². The molecule has 0 amide bonds. The minimum Gasteiger partial charge on any atom is -0.378 e. The van der Waals surface area contributed by atoms with Gasteiger partial charge >= 0.3 is 0 Å². The Morgan fingerprint density at radius 1 is 1.53 bits per heavy atom. The van der Waals surface area contributed by atoms with Crippen molar-refractivity contribution < 1.29 is 9.13 Å². The fourth-order valence-corrected chi connectivity index (χ4v) is 2.78. The van der Waals surface area contributed by atoms with E-state index in [9.17, 15) is 4.39 Å². The van der Waals surface area contributed by atoms with Crippen LogP contribution in [0.1, 0.15) is 41.6 Å². The minimum atomic E-state index is -0.132. The second-order valence-electron chi connectivity index (χ2n) is 4.69. The van der Waals surface area contributed by atoms with Gasteiger partial charge < -0.3 is 4.74 Å². The molecule has 17 heavy (non-hydrogen) atoms. The summed E-state index contributed by atoms with van der Waals surface area (Å²) in [4.78, 5) is 0.297. The normalized spacial score (nSPS) is 21.7. The van der Waals surface area contributed by atoms with Gasteiger partial charge in [-0.2, -0.15) is 0 Å². The van der Waals surface area contributed by atoms with E-state index in [1.54, 1.807) is 13.0 Å². The van der Waals surface area contributed by atoms with Crippen molar-refractivity contribution in [3.63, 3.8) is 0 Å². The molecule has 94 valence electrons. The summed E-state index contributed by atoms with van der Waals surface area (Å²) in [5.41, 5.74) is 1.87. The first-order chi connectivity index (χ1) is 8.16. The maximum atomic E-state index is 13.2. The molecule has 0 aromatic heterocycles. The molecule has 1 aliphatic heterocycles. The van der Waals surface area contributed by atoms with E-state index in [-0.39, 0.29) is 5.82 Å². The Labute approximate surface area is 110 Å². The minimum absolute atomic E-state index is 0.132. The fraction of sp³-hybridized carbons (Fsp3) is 0.571. The number of hydrogen-bond acceptors (Lipinski definition) is 1. The van der Waals surface area contributed by atoms with E-state index in [4.69, 9.17) is 4.74 Å². The van der Waals surface area contributed by atoms with Crippen molar-refractivity contribution in [1.29, 1.82) is 0 Å².